The van der Waals surface area contributed by atoms with Crippen LogP contribution in [0.25, 0.3) is 0 Å². The number of aryl methyl sites for hydroxylation is 1. The van der Waals surface area contributed by atoms with E-state index in [4.69, 9.17) is 9.47 Å². The highest BCUT2D eigenvalue weighted by Crippen LogP contribution is 2.17. The zero-order valence-electron chi connectivity index (χ0n) is 14.4. The fourth-order valence-electron chi connectivity index (χ4n) is 2.19. The third-order valence-electron chi connectivity index (χ3n) is 3.66. The Labute approximate surface area is 147 Å². The van der Waals surface area contributed by atoms with Crippen LogP contribution in [-0.4, -0.2) is 41.2 Å². The third-order valence-corrected chi connectivity index (χ3v) is 3.66. The summed E-state index contributed by atoms with van der Waals surface area (Å²) in [5.74, 6) is 1.08. The van der Waals surface area contributed by atoms with E-state index >= 15 is 0 Å². The number of pyridine rings is 1. The molecule has 1 amide bonds. The molecule has 0 aliphatic carbocycles. The van der Waals surface area contributed by atoms with Crippen LogP contribution in [-0.2, 0) is 11.3 Å². The number of ether oxygens (including phenoxy) is 2. The third kappa shape index (κ3) is 5.61. The molecule has 6 heteroatoms. The lowest BCUT2D eigenvalue weighted by Crippen LogP contribution is -2.32. The summed E-state index contributed by atoms with van der Waals surface area (Å²) >= 11 is 0. The maximum Gasteiger partial charge on any atom is 0.250 e. The summed E-state index contributed by atoms with van der Waals surface area (Å²) in [6, 6.07) is 8.93. The predicted molar refractivity (Wildman–Crippen MR) is 94.2 cm³/mol. The quantitative estimate of drug-likeness (QED) is 0.589. The van der Waals surface area contributed by atoms with Gasteiger partial charge in [0, 0.05) is 31.6 Å². The molecule has 0 spiro atoms. The molecule has 25 heavy (non-hydrogen) atoms. The van der Waals surface area contributed by atoms with Gasteiger partial charge in [0.15, 0.2) is 0 Å². The van der Waals surface area contributed by atoms with Crippen LogP contribution < -0.4 is 9.47 Å². The van der Waals surface area contributed by atoms with Crippen molar-refractivity contribution in [1.82, 2.24) is 9.88 Å². The Morgan fingerprint density at radius 3 is 2.60 bits per heavy atom. The summed E-state index contributed by atoms with van der Waals surface area (Å²) in [4.78, 5) is 18.0. The standard InChI is InChI=1S/C19H22N2O4/c1-15-7-9-20-13-16(15)14-21(10-11-22)19(23)8-12-25-18-5-3-17(24-2)4-6-18/h3-9,12-13,22H,10-11,14H2,1-2H3/b12-8+. The summed E-state index contributed by atoms with van der Waals surface area (Å²) in [5.41, 5.74) is 1.98. The molecule has 132 valence electrons. The Hall–Kier alpha value is -2.86. The molecular formula is C19H22N2O4. The maximum absolute atomic E-state index is 12.3. The van der Waals surface area contributed by atoms with Crippen molar-refractivity contribution < 1.29 is 19.4 Å². The Bertz CT molecular complexity index is 714. The minimum Gasteiger partial charge on any atom is -0.497 e. The number of amides is 1. The number of benzene rings is 1. The van der Waals surface area contributed by atoms with Gasteiger partial charge in [0.05, 0.1) is 20.0 Å². The predicted octanol–water partition coefficient (Wildman–Crippen LogP) is 2.31. The molecule has 0 fully saturated rings. The first kappa shape index (κ1) is 18.5. The topological polar surface area (TPSA) is 71.9 Å². The molecule has 1 N–H and O–H groups in total. The molecule has 0 saturated carbocycles. The van der Waals surface area contributed by atoms with Gasteiger partial charge < -0.3 is 19.5 Å². The lowest BCUT2D eigenvalue weighted by molar-refractivity contribution is -0.127. The number of methoxy groups -OCH3 is 1. The van der Waals surface area contributed by atoms with Crippen molar-refractivity contribution in [3.63, 3.8) is 0 Å². The highest BCUT2D eigenvalue weighted by molar-refractivity contribution is 5.87. The molecular weight excluding hydrogens is 320 g/mol. The molecule has 0 aliphatic heterocycles. The molecule has 0 saturated heterocycles. The molecule has 2 rings (SSSR count). The van der Waals surface area contributed by atoms with Crippen LogP contribution in [0.15, 0.2) is 55.1 Å². The largest absolute Gasteiger partial charge is 0.497 e. The minimum atomic E-state index is -0.245. The number of carbonyl (C=O) groups excluding carboxylic acids is 1. The summed E-state index contributed by atoms with van der Waals surface area (Å²) in [6.45, 7) is 2.46. The van der Waals surface area contributed by atoms with Gasteiger partial charge in [-0.1, -0.05) is 0 Å². The summed E-state index contributed by atoms with van der Waals surface area (Å²) in [5, 5.41) is 9.21. The van der Waals surface area contributed by atoms with Gasteiger partial charge in [-0.2, -0.15) is 0 Å². The van der Waals surface area contributed by atoms with Gasteiger partial charge in [-0.15, -0.1) is 0 Å². The van der Waals surface area contributed by atoms with Gasteiger partial charge in [-0.25, -0.2) is 0 Å². The average Bonchev–Trinajstić information content (AvgIpc) is 2.63. The summed E-state index contributed by atoms with van der Waals surface area (Å²) in [7, 11) is 1.59. The molecule has 1 heterocycles. The van der Waals surface area contributed by atoms with E-state index < -0.39 is 0 Å². The van der Waals surface area contributed by atoms with E-state index in [1.54, 1.807) is 43.8 Å². The highest BCUT2D eigenvalue weighted by atomic mass is 16.5. The van der Waals surface area contributed by atoms with Crippen LogP contribution >= 0.6 is 0 Å². The first-order valence-electron chi connectivity index (χ1n) is 7.90. The highest BCUT2D eigenvalue weighted by Gasteiger charge is 2.12. The SMILES string of the molecule is COc1ccc(O/C=C/C(=O)N(CCO)Cc2cnccc2C)cc1. The van der Waals surface area contributed by atoms with E-state index in [-0.39, 0.29) is 19.1 Å². The number of nitrogens with zero attached hydrogens (tertiary/aromatic N) is 2. The fraction of sp³-hybridized carbons (Fsp3) is 0.263. The van der Waals surface area contributed by atoms with Crippen LogP contribution in [0.5, 0.6) is 11.5 Å². The smallest absolute Gasteiger partial charge is 0.250 e. The second kappa shape index (κ2) is 9.44. The molecule has 6 nitrogen and oxygen atoms in total. The fourth-order valence-corrected chi connectivity index (χ4v) is 2.19. The van der Waals surface area contributed by atoms with E-state index in [0.717, 1.165) is 16.9 Å². The van der Waals surface area contributed by atoms with Gasteiger partial charge in [0.25, 0.3) is 0 Å². The number of hydrogen-bond donors (Lipinski definition) is 1. The van der Waals surface area contributed by atoms with Crippen molar-refractivity contribution in [2.24, 2.45) is 0 Å². The molecule has 0 atom stereocenters. The number of hydrogen-bond acceptors (Lipinski definition) is 5. The van der Waals surface area contributed by atoms with E-state index in [1.807, 2.05) is 13.0 Å². The number of aliphatic hydroxyl groups is 1. The van der Waals surface area contributed by atoms with Crippen molar-refractivity contribution >= 4 is 5.91 Å². The van der Waals surface area contributed by atoms with Crippen LogP contribution in [0, 0.1) is 6.92 Å². The normalized spacial score (nSPS) is 10.7. The number of aromatic nitrogens is 1. The minimum absolute atomic E-state index is 0.113. The first-order valence-corrected chi connectivity index (χ1v) is 7.90. The molecule has 0 bridgehead atoms. The lowest BCUT2D eigenvalue weighted by atomic mass is 10.1. The number of rotatable bonds is 8. The zero-order chi connectivity index (χ0) is 18.1. The van der Waals surface area contributed by atoms with Crippen LogP contribution in [0.3, 0.4) is 0 Å². The maximum atomic E-state index is 12.3. The van der Waals surface area contributed by atoms with E-state index in [9.17, 15) is 9.90 Å². The molecule has 2 aromatic rings. The van der Waals surface area contributed by atoms with Crippen molar-refractivity contribution in [2.75, 3.05) is 20.3 Å². The van der Waals surface area contributed by atoms with Crippen molar-refractivity contribution in [3.05, 3.63) is 66.2 Å². The molecule has 1 aromatic heterocycles. The van der Waals surface area contributed by atoms with Gasteiger partial charge in [0.2, 0.25) is 5.91 Å². The lowest BCUT2D eigenvalue weighted by Gasteiger charge is -2.21. The zero-order valence-corrected chi connectivity index (χ0v) is 14.4. The van der Waals surface area contributed by atoms with Crippen LogP contribution in [0.1, 0.15) is 11.1 Å². The average molecular weight is 342 g/mol. The molecule has 0 unspecified atom stereocenters. The Balaban J connectivity index is 1.97. The molecule has 1 aromatic carbocycles. The van der Waals surface area contributed by atoms with Crippen LogP contribution in [0.2, 0.25) is 0 Å². The number of carbonyl (C=O) groups is 1. The van der Waals surface area contributed by atoms with E-state index in [1.165, 1.54) is 17.2 Å². The Kier molecular flexibility index (Phi) is 6.98. The van der Waals surface area contributed by atoms with Crippen molar-refractivity contribution in [2.45, 2.75) is 13.5 Å². The molecule has 0 aliphatic rings. The van der Waals surface area contributed by atoms with Crippen LogP contribution in [0.4, 0.5) is 0 Å². The Morgan fingerprint density at radius 2 is 1.96 bits per heavy atom. The van der Waals surface area contributed by atoms with Gasteiger partial charge >= 0.3 is 0 Å². The molecule has 0 radical (unpaired) electrons. The van der Waals surface area contributed by atoms with Gasteiger partial charge in [0.1, 0.15) is 11.5 Å². The summed E-state index contributed by atoms with van der Waals surface area (Å²) < 4.78 is 10.5. The monoisotopic (exact) mass is 342 g/mol. The second-order valence-corrected chi connectivity index (χ2v) is 5.38. The Morgan fingerprint density at radius 1 is 1.24 bits per heavy atom. The van der Waals surface area contributed by atoms with Crippen molar-refractivity contribution in [1.29, 1.82) is 0 Å². The second-order valence-electron chi connectivity index (χ2n) is 5.38. The summed E-state index contributed by atoms with van der Waals surface area (Å²) in [6.07, 6.45) is 6.11. The van der Waals surface area contributed by atoms with Gasteiger partial charge in [-0.05, 0) is 48.4 Å². The van der Waals surface area contributed by atoms with E-state index in [0.29, 0.717) is 12.3 Å². The van der Waals surface area contributed by atoms with E-state index in [2.05, 4.69) is 4.98 Å². The van der Waals surface area contributed by atoms with Crippen molar-refractivity contribution in [3.8, 4) is 11.5 Å². The number of aliphatic hydroxyl groups excluding tert-OH is 1. The van der Waals surface area contributed by atoms with Gasteiger partial charge in [-0.3, -0.25) is 9.78 Å². The first-order chi connectivity index (χ1) is 12.1.